The van der Waals surface area contributed by atoms with Crippen LogP contribution in [0.2, 0.25) is 5.02 Å². The summed E-state index contributed by atoms with van der Waals surface area (Å²) in [6.45, 7) is 2.19. The molecule has 2 aliphatic rings. The third-order valence-electron chi connectivity index (χ3n) is 4.67. The first-order valence-corrected chi connectivity index (χ1v) is 10.4. The van der Waals surface area contributed by atoms with Crippen molar-refractivity contribution in [2.45, 2.75) is 11.1 Å². The molecule has 7 nitrogen and oxygen atoms in total. The van der Waals surface area contributed by atoms with Crippen molar-refractivity contribution in [2.75, 3.05) is 52.5 Å². The molecule has 0 unspecified atom stereocenters. The molecule has 0 radical (unpaired) electrons. The van der Waals surface area contributed by atoms with E-state index in [-0.39, 0.29) is 32.2 Å². The number of urea groups is 1. The molecular formula is C16H19ClF3N3O4S. The van der Waals surface area contributed by atoms with Gasteiger partial charge in [-0.2, -0.15) is 17.5 Å². The molecule has 2 amide bonds. The molecule has 1 aromatic carbocycles. The molecule has 2 fully saturated rings. The Bertz CT molecular complexity index is 836. The molecule has 12 heteroatoms. The number of halogens is 4. The zero-order chi connectivity index (χ0) is 20.5. The quantitative estimate of drug-likeness (QED) is 0.705. The molecule has 3 rings (SSSR count). The van der Waals surface area contributed by atoms with Gasteiger partial charge in [0.2, 0.25) is 10.0 Å². The predicted molar refractivity (Wildman–Crippen MR) is 94.6 cm³/mol. The van der Waals surface area contributed by atoms with Gasteiger partial charge >= 0.3 is 12.2 Å². The summed E-state index contributed by atoms with van der Waals surface area (Å²) in [5, 5.41) is -0.563. The molecule has 0 atom stereocenters. The normalized spacial score (nSPS) is 19.7. The molecule has 0 N–H and O–H groups in total. The molecular weight excluding hydrogens is 423 g/mol. The van der Waals surface area contributed by atoms with Crippen molar-refractivity contribution in [2.24, 2.45) is 0 Å². The fourth-order valence-corrected chi connectivity index (χ4v) is 4.78. The molecule has 2 heterocycles. The van der Waals surface area contributed by atoms with Gasteiger partial charge in [-0.3, -0.25) is 0 Å². The number of piperazine rings is 1. The highest BCUT2D eigenvalue weighted by Gasteiger charge is 2.37. The monoisotopic (exact) mass is 441 g/mol. The smallest absolute Gasteiger partial charge is 0.378 e. The number of alkyl halides is 3. The maximum atomic E-state index is 13.0. The third kappa shape index (κ3) is 4.37. The zero-order valence-corrected chi connectivity index (χ0v) is 16.4. The van der Waals surface area contributed by atoms with Gasteiger partial charge in [0.15, 0.2) is 0 Å². The van der Waals surface area contributed by atoms with Crippen LogP contribution in [0.1, 0.15) is 5.56 Å². The minimum atomic E-state index is -4.76. The Morgan fingerprint density at radius 1 is 1.00 bits per heavy atom. The zero-order valence-electron chi connectivity index (χ0n) is 14.8. The summed E-state index contributed by atoms with van der Waals surface area (Å²) in [6.07, 6.45) is -4.76. The van der Waals surface area contributed by atoms with Gasteiger partial charge in [0.05, 0.1) is 28.7 Å². The SMILES string of the molecule is O=C(N1CCOCC1)N1CCN(S(=O)(=O)c2ccc(Cl)c(C(F)(F)F)c2)CC1. The molecule has 156 valence electrons. The van der Waals surface area contributed by atoms with Crippen molar-refractivity contribution in [3.05, 3.63) is 28.8 Å². The van der Waals surface area contributed by atoms with E-state index in [1.807, 2.05) is 0 Å². The molecule has 0 bridgehead atoms. The molecule has 0 spiro atoms. The average Bonchev–Trinajstić information content (AvgIpc) is 2.67. The van der Waals surface area contributed by atoms with Crippen LogP contribution in [0.4, 0.5) is 18.0 Å². The van der Waals surface area contributed by atoms with Crippen LogP contribution in [0.25, 0.3) is 0 Å². The van der Waals surface area contributed by atoms with E-state index in [0.29, 0.717) is 32.4 Å². The van der Waals surface area contributed by atoms with E-state index in [1.165, 1.54) is 0 Å². The Balaban J connectivity index is 1.70. The minimum Gasteiger partial charge on any atom is -0.378 e. The van der Waals surface area contributed by atoms with Crippen LogP contribution in [0.3, 0.4) is 0 Å². The molecule has 1 aromatic rings. The molecule has 28 heavy (non-hydrogen) atoms. The lowest BCUT2D eigenvalue weighted by Crippen LogP contribution is -2.55. The number of nitrogens with zero attached hydrogens (tertiary/aromatic N) is 3. The lowest BCUT2D eigenvalue weighted by atomic mass is 10.2. The van der Waals surface area contributed by atoms with Gasteiger partial charge in [0.1, 0.15) is 0 Å². The second-order valence-corrected chi connectivity index (χ2v) is 8.76. The number of rotatable bonds is 2. The molecule has 2 aliphatic heterocycles. The van der Waals surface area contributed by atoms with E-state index in [0.717, 1.165) is 16.4 Å². The first-order valence-electron chi connectivity index (χ1n) is 8.59. The van der Waals surface area contributed by atoms with Gasteiger partial charge in [-0.25, -0.2) is 13.2 Å². The van der Waals surface area contributed by atoms with E-state index in [1.54, 1.807) is 9.80 Å². The fourth-order valence-electron chi connectivity index (χ4n) is 3.11. The first-order chi connectivity index (χ1) is 13.1. The highest BCUT2D eigenvalue weighted by atomic mass is 35.5. The topological polar surface area (TPSA) is 70.2 Å². The second-order valence-electron chi connectivity index (χ2n) is 6.41. The number of carbonyl (C=O) groups is 1. The second kappa shape index (κ2) is 8.05. The van der Waals surface area contributed by atoms with Crippen molar-refractivity contribution in [1.82, 2.24) is 14.1 Å². The number of hydrogen-bond donors (Lipinski definition) is 0. The third-order valence-corrected chi connectivity index (χ3v) is 6.90. The van der Waals surface area contributed by atoms with Crippen LogP contribution in [0.5, 0.6) is 0 Å². The van der Waals surface area contributed by atoms with Crippen LogP contribution < -0.4 is 0 Å². The largest absolute Gasteiger partial charge is 0.417 e. The molecule has 0 aliphatic carbocycles. The van der Waals surface area contributed by atoms with E-state index in [9.17, 15) is 26.4 Å². The van der Waals surface area contributed by atoms with E-state index in [2.05, 4.69) is 0 Å². The summed E-state index contributed by atoms with van der Waals surface area (Å²) >= 11 is 5.56. The number of hydrogen-bond acceptors (Lipinski definition) is 4. The van der Waals surface area contributed by atoms with Crippen LogP contribution in [0.15, 0.2) is 23.1 Å². The van der Waals surface area contributed by atoms with Crippen molar-refractivity contribution in [3.63, 3.8) is 0 Å². The van der Waals surface area contributed by atoms with Crippen molar-refractivity contribution in [1.29, 1.82) is 0 Å². The number of sulfonamides is 1. The molecule has 0 saturated carbocycles. The van der Waals surface area contributed by atoms with Gasteiger partial charge in [0.25, 0.3) is 0 Å². The number of carbonyl (C=O) groups excluding carboxylic acids is 1. The maximum Gasteiger partial charge on any atom is 0.417 e. The highest BCUT2D eigenvalue weighted by Crippen LogP contribution is 2.36. The van der Waals surface area contributed by atoms with E-state index >= 15 is 0 Å². The molecule has 2 saturated heterocycles. The number of ether oxygens (including phenoxy) is 1. The Morgan fingerprint density at radius 3 is 2.14 bits per heavy atom. The fraction of sp³-hybridized carbons (Fsp3) is 0.562. The maximum absolute atomic E-state index is 13.0. The van der Waals surface area contributed by atoms with E-state index in [4.69, 9.17) is 16.3 Å². The molecule has 0 aromatic heterocycles. The summed E-state index contributed by atoms with van der Waals surface area (Å²) < 4.78 is 70.8. The number of morpholine rings is 1. The summed E-state index contributed by atoms with van der Waals surface area (Å²) in [5.74, 6) is 0. The average molecular weight is 442 g/mol. The standard InChI is InChI=1S/C16H19ClF3N3O4S/c17-14-2-1-12(11-13(14)16(18,19)20)28(25,26)23-5-3-21(4-6-23)15(24)22-7-9-27-10-8-22/h1-2,11H,3-10H2. The highest BCUT2D eigenvalue weighted by molar-refractivity contribution is 7.89. The summed E-state index contributed by atoms with van der Waals surface area (Å²) in [5.41, 5.74) is -1.20. The minimum absolute atomic E-state index is 0.00237. The number of benzene rings is 1. The van der Waals surface area contributed by atoms with Gasteiger partial charge in [-0.15, -0.1) is 0 Å². The summed E-state index contributed by atoms with van der Waals surface area (Å²) in [7, 11) is -4.13. The summed E-state index contributed by atoms with van der Waals surface area (Å²) in [6, 6.07) is 2.34. The Kier molecular flexibility index (Phi) is 6.08. The van der Waals surface area contributed by atoms with Gasteiger partial charge < -0.3 is 14.5 Å². The lowest BCUT2D eigenvalue weighted by Gasteiger charge is -2.38. The van der Waals surface area contributed by atoms with Crippen LogP contribution >= 0.6 is 11.6 Å². The van der Waals surface area contributed by atoms with Gasteiger partial charge in [-0.1, -0.05) is 11.6 Å². The Morgan fingerprint density at radius 2 is 1.57 bits per heavy atom. The van der Waals surface area contributed by atoms with Crippen LogP contribution in [-0.2, 0) is 20.9 Å². The van der Waals surface area contributed by atoms with Gasteiger partial charge in [-0.05, 0) is 18.2 Å². The Labute approximate surface area is 165 Å². The van der Waals surface area contributed by atoms with Crippen molar-refractivity contribution in [3.8, 4) is 0 Å². The van der Waals surface area contributed by atoms with Crippen LogP contribution in [-0.4, -0.2) is 81.0 Å². The van der Waals surface area contributed by atoms with Gasteiger partial charge in [0, 0.05) is 39.3 Å². The Hall–Kier alpha value is -1.56. The van der Waals surface area contributed by atoms with Crippen molar-refractivity contribution >= 4 is 27.7 Å². The lowest BCUT2D eigenvalue weighted by molar-refractivity contribution is -0.137. The first kappa shape index (κ1) is 21.2. The van der Waals surface area contributed by atoms with E-state index < -0.39 is 31.7 Å². The predicted octanol–water partition coefficient (Wildman–Crippen LogP) is 2.12. The summed E-state index contributed by atoms with van der Waals surface area (Å²) in [4.78, 5) is 15.2. The van der Waals surface area contributed by atoms with Crippen molar-refractivity contribution < 1.29 is 31.1 Å². The number of amides is 2. The van der Waals surface area contributed by atoms with Crippen LogP contribution in [0, 0.1) is 0 Å².